The number of alkyl halides is 1. The normalized spacial score (nSPS) is 26.8. The Balaban J connectivity index is 1.90. The highest BCUT2D eigenvalue weighted by atomic mass is 19.1. The lowest BCUT2D eigenvalue weighted by atomic mass is 10.1. The van der Waals surface area contributed by atoms with E-state index in [1.54, 1.807) is 0 Å². The molecule has 4 atom stereocenters. The second kappa shape index (κ2) is 6.96. The van der Waals surface area contributed by atoms with Crippen LogP contribution in [-0.4, -0.2) is 55.7 Å². The lowest BCUT2D eigenvalue weighted by molar-refractivity contribution is -0.135. The lowest BCUT2D eigenvalue weighted by Crippen LogP contribution is -2.41. The molecule has 0 spiro atoms. The van der Waals surface area contributed by atoms with Crippen molar-refractivity contribution in [1.82, 2.24) is 19.5 Å². The molecule has 2 aromatic rings. The maximum atomic E-state index is 15.4. The summed E-state index contributed by atoms with van der Waals surface area (Å²) >= 11 is 0. The van der Waals surface area contributed by atoms with Gasteiger partial charge < -0.3 is 19.9 Å². The molecule has 1 aliphatic rings. The van der Waals surface area contributed by atoms with E-state index >= 15 is 4.39 Å². The predicted octanol–water partition coefficient (Wildman–Crippen LogP) is 2.64. The van der Waals surface area contributed by atoms with Crippen molar-refractivity contribution in [3.63, 3.8) is 0 Å². The SMILES string of the molecule is CC(C)(C)OC[C@H]1O[C@@H](n2cnc3c(N)ncnc32)[C@@H](F)C1OC(C)(C)C. The van der Waals surface area contributed by atoms with Crippen molar-refractivity contribution in [2.75, 3.05) is 12.3 Å². The van der Waals surface area contributed by atoms with Crippen LogP contribution in [0.25, 0.3) is 11.2 Å². The zero-order chi connectivity index (χ0) is 20.0. The minimum absolute atomic E-state index is 0.213. The molecule has 0 radical (unpaired) electrons. The molecule has 3 rings (SSSR count). The van der Waals surface area contributed by atoms with E-state index in [1.807, 2.05) is 41.5 Å². The number of nitrogens with two attached hydrogens (primary N) is 1. The number of nitrogen functional groups attached to an aromatic ring is 1. The van der Waals surface area contributed by atoms with Gasteiger partial charge in [-0.3, -0.25) is 4.57 Å². The summed E-state index contributed by atoms with van der Waals surface area (Å²) in [7, 11) is 0. The highest BCUT2D eigenvalue weighted by Gasteiger charge is 2.49. The van der Waals surface area contributed by atoms with Crippen molar-refractivity contribution >= 4 is 17.0 Å². The number of rotatable bonds is 4. The van der Waals surface area contributed by atoms with Gasteiger partial charge >= 0.3 is 0 Å². The molecule has 1 unspecified atom stereocenters. The van der Waals surface area contributed by atoms with E-state index in [9.17, 15) is 0 Å². The molecule has 1 fully saturated rings. The van der Waals surface area contributed by atoms with Gasteiger partial charge in [0.15, 0.2) is 23.9 Å². The highest BCUT2D eigenvalue weighted by molar-refractivity contribution is 5.81. The Morgan fingerprint density at radius 2 is 1.85 bits per heavy atom. The molecule has 3 heterocycles. The maximum absolute atomic E-state index is 15.4. The summed E-state index contributed by atoms with van der Waals surface area (Å²) in [5.41, 5.74) is 5.76. The Labute approximate surface area is 158 Å². The van der Waals surface area contributed by atoms with Crippen LogP contribution < -0.4 is 5.73 Å². The zero-order valence-corrected chi connectivity index (χ0v) is 16.6. The molecule has 150 valence electrons. The molecular weight excluding hydrogens is 353 g/mol. The molecule has 0 bridgehead atoms. The van der Waals surface area contributed by atoms with E-state index in [2.05, 4.69) is 15.0 Å². The smallest absolute Gasteiger partial charge is 0.174 e. The van der Waals surface area contributed by atoms with E-state index in [0.717, 1.165) is 0 Å². The number of imidazole rings is 1. The number of hydrogen-bond donors (Lipinski definition) is 1. The molecule has 0 amide bonds. The van der Waals surface area contributed by atoms with Crippen LogP contribution >= 0.6 is 0 Å². The fourth-order valence-corrected chi connectivity index (χ4v) is 2.99. The number of hydrogen-bond acceptors (Lipinski definition) is 7. The fourth-order valence-electron chi connectivity index (χ4n) is 2.99. The van der Waals surface area contributed by atoms with Crippen LogP contribution in [0.5, 0.6) is 0 Å². The Hall–Kier alpha value is -1.84. The van der Waals surface area contributed by atoms with Gasteiger partial charge in [0.1, 0.15) is 24.1 Å². The van der Waals surface area contributed by atoms with Crippen molar-refractivity contribution < 1.29 is 18.6 Å². The fraction of sp³-hybridized carbons (Fsp3) is 0.722. The van der Waals surface area contributed by atoms with Crippen LogP contribution in [0.3, 0.4) is 0 Å². The predicted molar refractivity (Wildman–Crippen MR) is 98.9 cm³/mol. The Morgan fingerprint density at radius 3 is 2.48 bits per heavy atom. The van der Waals surface area contributed by atoms with E-state index in [1.165, 1.54) is 17.2 Å². The number of ether oxygens (including phenoxy) is 3. The molecule has 0 aliphatic carbocycles. The molecule has 1 saturated heterocycles. The zero-order valence-electron chi connectivity index (χ0n) is 16.6. The number of aromatic nitrogens is 4. The lowest BCUT2D eigenvalue weighted by Gasteiger charge is -2.30. The molecule has 9 heteroatoms. The molecule has 2 N–H and O–H groups in total. The van der Waals surface area contributed by atoms with Crippen molar-refractivity contribution in [3.8, 4) is 0 Å². The quantitative estimate of drug-likeness (QED) is 0.869. The molecule has 8 nitrogen and oxygen atoms in total. The Morgan fingerprint density at radius 1 is 1.15 bits per heavy atom. The van der Waals surface area contributed by atoms with Gasteiger partial charge in [-0.05, 0) is 41.5 Å². The number of nitrogens with zero attached hydrogens (tertiary/aromatic N) is 4. The van der Waals surface area contributed by atoms with Crippen molar-refractivity contribution in [3.05, 3.63) is 12.7 Å². The molecule has 2 aromatic heterocycles. The van der Waals surface area contributed by atoms with Crippen LogP contribution in [0.2, 0.25) is 0 Å². The van der Waals surface area contributed by atoms with Gasteiger partial charge in [0, 0.05) is 0 Å². The first-order chi connectivity index (χ1) is 12.5. The minimum atomic E-state index is -1.42. The first kappa shape index (κ1) is 19.9. The molecule has 27 heavy (non-hydrogen) atoms. The van der Waals surface area contributed by atoms with E-state index in [4.69, 9.17) is 19.9 Å². The monoisotopic (exact) mass is 381 g/mol. The van der Waals surface area contributed by atoms with E-state index in [0.29, 0.717) is 11.2 Å². The minimum Gasteiger partial charge on any atom is -0.382 e. The summed E-state index contributed by atoms with van der Waals surface area (Å²) in [6, 6.07) is 0. The van der Waals surface area contributed by atoms with E-state index in [-0.39, 0.29) is 18.0 Å². The van der Waals surface area contributed by atoms with Crippen LogP contribution in [0, 0.1) is 0 Å². The summed E-state index contributed by atoms with van der Waals surface area (Å²) in [5.74, 6) is 0.238. The van der Waals surface area contributed by atoms with Gasteiger partial charge in [0.25, 0.3) is 0 Å². The number of fused-ring (bicyclic) bond motifs is 1. The summed E-state index contributed by atoms with van der Waals surface area (Å²) < 4.78 is 34.8. The third-order valence-corrected chi connectivity index (χ3v) is 4.10. The third kappa shape index (κ3) is 4.36. The van der Waals surface area contributed by atoms with Crippen molar-refractivity contribution in [2.45, 2.75) is 77.4 Å². The summed E-state index contributed by atoms with van der Waals surface area (Å²) in [4.78, 5) is 12.3. The average Bonchev–Trinajstić information content (AvgIpc) is 3.07. The Kier molecular flexibility index (Phi) is 5.13. The van der Waals surface area contributed by atoms with Gasteiger partial charge in [0.2, 0.25) is 0 Å². The summed E-state index contributed by atoms with van der Waals surface area (Å²) in [6.45, 7) is 11.7. The van der Waals surface area contributed by atoms with Crippen LogP contribution in [0.15, 0.2) is 12.7 Å². The van der Waals surface area contributed by atoms with Crippen LogP contribution in [0.1, 0.15) is 47.8 Å². The summed E-state index contributed by atoms with van der Waals surface area (Å²) in [6.07, 6.45) is -0.930. The average molecular weight is 381 g/mol. The first-order valence-electron chi connectivity index (χ1n) is 9.00. The number of halogens is 1. The first-order valence-corrected chi connectivity index (χ1v) is 9.00. The largest absolute Gasteiger partial charge is 0.382 e. The van der Waals surface area contributed by atoms with Gasteiger partial charge in [-0.2, -0.15) is 0 Å². The topological polar surface area (TPSA) is 97.3 Å². The van der Waals surface area contributed by atoms with Crippen molar-refractivity contribution in [2.24, 2.45) is 0 Å². The molecular formula is C18H28FN5O3. The molecule has 0 aromatic carbocycles. The van der Waals surface area contributed by atoms with Gasteiger partial charge in [0.05, 0.1) is 24.1 Å². The second-order valence-corrected chi connectivity index (χ2v) is 8.71. The number of anilines is 1. The summed E-state index contributed by atoms with van der Waals surface area (Å²) in [5, 5.41) is 0. The van der Waals surface area contributed by atoms with Crippen molar-refractivity contribution in [1.29, 1.82) is 0 Å². The third-order valence-electron chi connectivity index (χ3n) is 4.10. The second-order valence-electron chi connectivity index (χ2n) is 8.71. The standard InChI is InChI=1S/C18H28FN5O3/c1-17(2,3)25-7-10-13(27-18(4,5)6)11(19)16(26-10)24-9-23-12-14(20)21-8-22-15(12)24/h8-11,13,16H,7H2,1-6H3,(H2,20,21,22)/t10-,11+,13?,16-/m1/s1. The van der Waals surface area contributed by atoms with Crippen LogP contribution in [0.4, 0.5) is 10.2 Å². The van der Waals surface area contributed by atoms with Gasteiger partial charge in [-0.1, -0.05) is 0 Å². The Bertz CT molecular complexity index is 798. The van der Waals surface area contributed by atoms with Gasteiger partial charge in [-0.25, -0.2) is 19.3 Å². The van der Waals surface area contributed by atoms with Gasteiger partial charge in [-0.15, -0.1) is 0 Å². The van der Waals surface area contributed by atoms with E-state index < -0.39 is 30.2 Å². The van der Waals surface area contributed by atoms with Crippen LogP contribution in [-0.2, 0) is 14.2 Å². The highest BCUT2D eigenvalue weighted by Crippen LogP contribution is 2.37. The maximum Gasteiger partial charge on any atom is 0.174 e. The molecule has 0 saturated carbocycles. The molecule has 1 aliphatic heterocycles.